The maximum absolute atomic E-state index is 8.74. The Hall–Kier alpha value is 0.530. The lowest BCUT2D eigenvalue weighted by Crippen LogP contribution is -1.73. The molecule has 0 aliphatic rings. The molecular weight excluding hydrogens is 221 g/mol. The summed E-state index contributed by atoms with van der Waals surface area (Å²) in [6.45, 7) is 5.61. The molecule has 0 aliphatic heterocycles. The van der Waals surface area contributed by atoms with E-state index in [0.717, 1.165) is 11.3 Å². The van der Waals surface area contributed by atoms with Crippen molar-refractivity contribution in [1.29, 1.82) is 4.61 Å². The summed E-state index contributed by atoms with van der Waals surface area (Å²) in [5.41, 5.74) is 0. The molecule has 42 valence electrons. The van der Waals surface area contributed by atoms with Crippen LogP contribution in [0.15, 0.2) is 11.5 Å². The van der Waals surface area contributed by atoms with Crippen molar-refractivity contribution >= 4 is 28.9 Å². The summed E-state index contributed by atoms with van der Waals surface area (Å²) in [5, 5.41) is 0. The van der Waals surface area contributed by atoms with Gasteiger partial charge in [-0.3, -0.25) is 0 Å². The SMILES string of the molecule is C=C(CC)[S-](#N)I. The van der Waals surface area contributed by atoms with Crippen LogP contribution < -0.4 is 0 Å². The van der Waals surface area contributed by atoms with Crippen LogP contribution in [0.2, 0.25) is 0 Å². The summed E-state index contributed by atoms with van der Waals surface area (Å²) in [6.07, 6.45) is 0.878. The number of halogens is 1. The predicted octanol–water partition coefficient (Wildman–Crippen LogP) is 2.36. The Morgan fingerprint density at radius 2 is 2.43 bits per heavy atom. The summed E-state index contributed by atoms with van der Waals surface area (Å²) in [7, 11) is -0.585. The fraction of sp³-hybridized carbons (Fsp3) is 0.500. The Morgan fingerprint density at radius 3 is 2.43 bits per heavy atom. The lowest BCUT2D eigenvalue weighted by atomic mass is 10.5. The minimum Gasteiger partial charge on any atom is -0.417 e. The molecule has 0 atom stereocenters. The summed E-state index contributed by atoms with van der Waals surface area (Å²) in [6, 6.07) is 0. The zero-order valence-electron chi connectivity index (χ0n) is 4.15. The van der Waals surface area contributed by atoms with Crippen LogP contribution in [0.5, 0.6) is 0 Å². The molecule has 0 N–H and O–H groups in total. The van der Waals surface area contributed by atoms with Crippen molar-refractivity contribution in [2.75, 3.05) is 0 Å². The van der Waals surface area contributed by atoms with E-state index in [0.29, 0.717) is 0 Å². The van der Waals surface area contributed by atoms with E-state index in [1.165, 1.54) is 0 Å². The molecule has 0 fully saturated rings. The van der Waals surface area contributed by atoms with E-state index < -0.39 is 7.70 Å². The number of hydrogen-bond donors (Lipinski definition) is 0. The van der Waals surface area contributed by atoms with Gasteiger partial charge in [0, 0.05) is 0 Å². The topological polar surface area (TPSA) is 23.8 Å². The number of allylic oxidation sites excluding steroid dienone is 1. The highest BCUT2D eigenvalue weighted by molar-refractivity contribution is 14.2. The van der Waals surface area contributed by atoms with Crippen LogP contribution in [-0.2, 0) is 7.70 Å². The Morgan fingerprint density at radius 1 is 2.00 bits per heavy atom. The van der Waals surface area contributed by atoms with Gasteiger partial charge >= 0.3 is 0 Å². The quantitative estimate of drug-likeness (QED) is 0.499. The van der Waals surface area contributed by atoms with Gasteiger partial charge < -0.3 is 4.61 Å². The van der Waals surface area contributed by atoms with Crippen LogP contribution in [0.3, 0.4) is 0 Å². The molecule has 0 rings (SSSR count). The summed E-state index contributed by atoms with van der Waals surface area (Å²) in [5.74, 6) is 0. The fourth-order valence-electron chi connectivity index (χ4n) is 0.119. The van der Waals surface area contributed by atoms with Gasteiger partial charge in [-0.2, -0.15) is 0 Å². The minimum atomic E-state index is -0.585. The van der Waals surface area contributed by atoms with E-state index in [2.05, 4.69) is 6.58 Å². The number of hydrogen-bond acceptors (Lipinski definition) is 2. The van der Waals surface area contributed by atoms with Crippen LogP contribution in [-0.4, -0.2) is 0 Å². The molecule has 0 unspecified atom stereocenters. The largest absolute Gasteiger partial charge is 0.417 e. The predicted molar refractivity (Wildman–Crippen MR) is 42.5 cm³/mol. The molecule has 0 aromatic heterocycles. The first-order valence-electron chi connectivity index (χ1n) is 1.96. The molecule has 0 heterocycles. The van der Waals surface area contributed by atoms with Crippen molar-refractivity contribution in [2.45, 2.75) is 13.3 Å². The van der Waals surface area contributed by atoms with E-state index in [9.17, 15) is 0 Å². The third kappa shape index (κ3) is 3.14. The van der Waals surface area contributed by atoms with Crippen LogP contribution in [0, 0.1) is 4.61 Å². The van der Waals surface area contributed by atoms with Gasteiger partial charge in [0.2, 0.25) is 0 Å². The Balaban J connectivity index is 3.66. The van der Waals surface area contributed by atoms with Crippen LogP contribution >= 0.6 is 21.2 Å². The van der Waals surface area contributed by atoms with Crippen molar-refractivity contribution in [3.63, 3.8) is 0 Å². The molecule has 0 aromatic carbocycles. The second-order valence-electron chi connectivity index (χ2n) is 1.13. The lowest BCUT2D eigenvalue weighted by Gasteiger charge is -2.03. The number of nitrogens with zero attached hydrogens (tertiary/aromatic N) is 1. The first-order chi connectivity index (χ1) is 3.18. The smallest absolute Gasteiger partial charge is 0.0532 e. The molecule has 1 nitrogen and oxygen atoms in total. The third-order valence-electron chi connectivity index (χ3n) is 0.633. The highest BCUT2D eigenvalue weighted by Gasteiger charge is 1.73. The minimum absolute atomic E-state index is 0.585. The Kier molecular flexibility index (Phi) is 3.79. The van der Waals surface area contributed by atoms with Gasteiger partial charge in [-0.25, -0.2) is 28.9 Å². The first-order valence-corrected chi connectivity index (χ1v) is 5.68. The van der Waals surface area contributed by atoms with Gasteiger partial charge in [0.15, 0.2) is 0 Å². The van der Waals surface area contributed by atoms with Crippen LogP contribution in [0.25, 0.3) is 0 Å². The van der Waals surface area contributed by atoms with E-state index in [1.807, 2.05) is 28.1 Å². The molecule has 0 aromatic rings. The summed E-state index contributed by atoms with van der Waals surface area (Å²) in [4.78, 5) is 0.917. The summed E-state index contributed by atoms with van der Waals surface area (Å²) < 4.78 is 8.74. The second-order valence-corrected chi connectivity index (χ2v) is 4.68. The molecule has 0 aliphatic carbocycles. The molecule has 0 saturated carbocycles. The zero-order valence-corrected chi connectivity index (χ0v) is 7.12. The van der Waals surface area contributed by atoms with E-state index in [1.54, 1.807) is 0 Å². The van der Waals surface area contributed by atoms with Crippen LogP contribution in [0.1, 0.15) is 13.3 Å². The highest BCUT2D eigenvalue weighted by Crippen LogP contribution is 2.07. The van der Waals surface area contributed by atoms with Gasteiger partial charge in [0.25, 0.3) is 0 Å². The average molecular weight is 228 g/mol. The third-order valence-corrected chi connectivity index (χ3v) is 3.27. The molecule has 0 saturated heterocycles. The fourth-order valence-corrected chi connectivity index (χ4v) is 1.29. The maximum atomic E-state index is 8.74. The van der Waals surface area contributed by atoms with Gasteiger partial charge in [0.05, 0.1) is 0 Å². The lowest BCUT2D eigenvalue weighted by molar-refractivity contribution is 1.21. The van der Waals surface area contributed by atoms with Gasteiger partial charge in [-0.05, 0) is 0 Å². The average Bonchev–Trinajstić information content (AvgIpc) is 1.65. The molecule has 0 spiro atoms. The molecule has 3 heteroatoms. The summed E-state index contributed by atoms with van der Waals surface area (Å²) >= 11 is 1.95. The van der Waals surface area contributed by atoms with Crippen molar-refractivity contribution in [2.24, 2.45) is 0 Å². The van der Waals surface area contributed by atoms with Gasteiger partial charge in [-0.1, -0.05) is 13.3 Å². The van der Waals surface area contributed by atoms with Crippen molar-refractivity contribution in [1.82, 2.24) is 0 Å². The first kappa shape index (κ1) is 7.53. The molecule has 0 bridgehead atoms. The molecule has 0 amide bonds. The van der Waals surface area contributed by atoms with Crippen molar-refractivity contribution < 1.29 is 0 Å². The molecular formula is C4H7INS-. The second kappa shape index (κ2) is 3.52. The van der Waals surface area contributed by atoms with Crippen molar-refractivity contribution in [3.8, 4) is 0 Å². The Bertz CT molecular complexity index is 132. The zero-order chi connectivity index (χ0) is 5.86. The van der Waals surface area contributed by atoms with E-state index in [-0.39, 0.29) is 0 Å². The van der Waals surface area contributed by atoms with Gasteiger partial charge in [0.1, 0.15) is 0 Å². The Labute approximate surface area is 58.3 Å². The standard InChI is InChI=1S/C4H7INS/c1-3-4(2)7(5)6/h2-3H2,1H3/q-1. The number of rotatable bonds is 1. The van der Waals surface area contributed by atoms with Crippen molar-refractivity contribution in [3.05, 3.63) is 11.5 Å². The van der Waals surface area contributed by atoms with Crippen LogP contribution in [0.4, 0.5) is 0 Å². The monoisotopic (exact) mass is 228 g/mol. The molecule has 7 heavy (non-hydrogen) atoms. The maximum Gasteiger partial charge on any atom is -0.0532 e. The van der Waals surface area contributed by atoms with Gasteiger partial charge in [-0.15, -0.1) is 11.5 Å². The highest BCUT2D eigenvalue weighted by atomic mass is 127. The normalized spacial score (nSPS) is 9.43. The van der Waals surface area contributed by atoms with E-state index in [4.69, 9.17) is 4.61 Å². The van der Waals surface area contributed by atoms with E-state index >= 15 is 0 Å². The molecule has 0 radical (unpaired) electrons.